The number of anilines is 1. The summed E-state index contributed by atoms with van der Waals surface area (Å²) in [7, 11) is 2.05. The monoisotopic (exact) mass is 379 g/mol. The lowest BCUT2D eigenvalue weighted by atomic mass is 10.2. The highest BCUT2D eigenvalue weighted by molar-refractivity contribution is 5.99. The molecule has 1 fully saturated rings. The first-order valence-corrected chi connectivity index (χ1v) is 8.44. The molecule has 2 atom stereocenters. The van der Waals surface area contributed by atoms with Crippen LogP contribution in [0.3, 0.4) is 0 Å². The Hall–Kier alpha value is -2.16. The van der Waals surface area contributed by atoms with E-state index in [1.54, 1.807) is 11.8 Å². The van der Waals surface area contributed by atoms with Crippen LogP contribution in [0.25, 0.3) is 0 Å². The molecule has 2 aromatic rings. The minimum absolute atomic E-state index is 0. The summed E-state index contributed by atoms with van der Waals surface area (Å²) >= 11 is 0. The van der Waals surface area contributed by atoms with E-state index in [1.807, 2.05) is 31.3 Å². The van der Waals surface area contributed by atoms with E-state index >= 15 is 0 Å². The number of fused-ring (bicyclic) bond motifs is 1. The smallest absolute Gasteiger partial charge is 0.268 e. The maximum Gasteiger partial charge on any atom is 0.268 e. The first-order valence-electron chi connectivity index (χ1n) is 8.44. The number of piperazine rings is 1. The summed E-state index contributed by atoms with van der Waals surface area (Å²) in [6, 6.07) is 7.55. The molecule has 0 saturated carbocycles. The lowest BCUT2D eigenvalue weighted by Gasteiger charge is -2.32. The van der Waals surface area contributed by atoms with Crippen molar-refractivity contribution < 1.29 is 14.1 Å². The number of hydrogen-bond donors (Lipinski definition) is 1. The molecule has 1 N–H and O–H groups in total. The third kappa shape index (κ3) is 3.40. The van der Waals surface area contributed by atoms with Crippen LogP contribution >= 0.6 is 12.4 Å². The summed E-state index contributed by atoms with van der Waals surface area (Å²) < 4.78 is 11.1. The number of hydrogen-bond acceptors (Lipinski definition) is 7. The van der Waals surface area contributed by atoms with E-state index in [2.05, 4.69) is 20.4 Å². The van der Waals surface area contributed by atoms with Gasteiger partial charge in [-0.25, -0.2) is 0 Å². The molecule has 0 radical (unpaired) electrons. The largest absolute Gasteiger partial charge is 0.479 e. The van der Waals surface area contributed by atoms with Gasteiger partial charge < -0.3 is 14.6 Å². The summed E-state index contributed by atoms with van der Waals surface area (Å²) in [5, 5.41) is 7.45. The molecule has 140 valence electrons. The fourth-order valence-corrected chi connectivity index (χ4v) is 3.22. The van der Waals surface area contributed by atoms with Crippen molar-refractivity contribution in [2.45, 2.75) is 25.6 Å². The Morgan fingerprint density at radius 2 is 2.15 bits per heavy atom. The fraction of sp³-hybridized carbons (Fsp3) is 0.471. The molecule has 9 heteroatoms. The Bertz CT molecular complexity index is 783. The van der Waals surface area contributed by atoms with Gasteiger partial charge in [-0.1, -0.05) is 17.3 Å². The van der Waals surface area contributed by atoms with Crippen LogP contribution in [0.4, 0.5) is 5.69 Å². The number of nitrogens with one attached hydrogen (secondary N) is 1. The Morgan fingerprint density at radius 1 is 1.35 bits per heavy atom. The molecule has 1 amide bonds. The molecule has 0 spiro atoms. The molecule has 3 heterocycles. The lowest BCUT2D eigenvalue weighted by Crippen LogP contribution is -2.44. The minimum atomic E-state index is -0.536. The zero-order valence-corrected chi connectivity index (χ0v) is 15.5. The molecule has 0 aliphatic carbocycles. The van der Waals surface area contributed by atoms with Crippen molar-refractivity contribution in [1.82, 2.24) is 20.4 Å². The van der Waals surface area contributed by atoms with Crippen LogP contribution in [-0.4, -0.2) is 53.7 Å². The van der Waals surface area contributed by atoms with Crippen LogP contribution in [0.1, 0.15) is 24.7 Å². The van der Waals surface area contributed by atoms with Gasteiger partial charge in [0.2, 0.25) is 5.89 Å². The van der Waals surface area contributed by atoms with Crippen LogP contribution < -0.4 is 15.0 Å². The Kier molecular flexibility index (Phi) is 5.45. The second-order valence-electron chi connectivity index (χ2n) is 6.40. The number of carbonyl (C=O) groups is 1. The highest BCUT2D eigenvalue weighted by Gasteiger charge is 2.33. The van der Waals surface area contributed by atoms with Crippen LogP contribution in [0, 0.1) is 0 Å². The van der Waals surface area contributed by atoms with E-state index in [1.165, 1.54) is 0 Å². The van der Waals surface area contributed by atoms with Crippen LogP contribution in [0.5, 0.6) is 5.75 Å². The van der Waals surface area contributed by atoms with Gasteiger partial charge >= 0.3 is 0 Å². The second kappa shape index (κ2) is 7.61. The number of rotatable bonds is 3. The van der Waals surface area contributed by atoms with E-state index in [0.717, 1.165) is 25.3 Å². The van der Waals surface area contributed by atoms with Crippen LogP contribution in [-0.2, 0) is 11.3 Å². The molecule has 8 nitrogen and oxygen atoms in total. The van der Waals surface area contributed by atoms with E-state index in [0.29, 0.717) is 17.5 Å². The number of benzene rings is 1. The van der Waals surface area contributed by atoms with Gasteiger partial charge in [-0.3, -0.25) is 14.6 Å². The van der Waals surface area contributed by atoms with Gasteiger partial charge in [0.1, 0.15) is 12.3 Å². The predicted octanol–water partition coefficient (Wildman–Crippen LogP) is 1.38. The van der Waals surface area contributed by atoms with Crippen molar-refractivity contribution in [3.8, 4) is 5.75 Å². The number of ether oxygens (including phenoxy) is 1. The zero-order valence-electron chi connectivity index (χ0n) is 14.7. The molecule has 4 rings (SSSR count). The van der Waals surface area contributed by atoms with Crippen LogP contribution in [0.15, 0.2) is 28.8 Å². The maximum absolute atomic E-state index is 12.5. The Labute approximate surface area is 157 Å². The second-order valence-corrected chi connectivity index (χ2v) is 6.40. The summed E-state index contributed by atoms with van der Waals surface area (Å²) in [6.07, 6.45) is -0.536. The summed E-state index contributed by atoms with van der Waals surface area (Å²) in [5.74, 6) is 1.64. The Balaban J connectivity index is 0.00000196. The molecule has 2 aliphatic rings. The van der Waals surface area contributed by atoms with Gasteiger partial charge in [-0.2, -0.15) is 4.98 Å². The number of para-hydroxylation sites is 2. The molecule has 26 heavy (non-hydrogen) atoms. The summed E-state index contributed by atoms with van der Waals surface area (Å²) in [5.41, 5.74) is 0.724. The average Bonchev–Trinajstić information content (AvgIpc) is 3.08. The number of amides is 1. The maximum atomic E-state index is 12.5. The first-order chi connectivity index (χ1) is 12.1. The quantitative estimate of drug-likeness (QED) is 0.862. The fourth-order valence-electron chi connectivity index (χ4n) is 3.22. The molecule has 1 saturated heterocycles. The number of carbonyl (C=O) groups excluding carboxylic acids is 1. The average molecular weight is 380 g/mol. The highest BCUT2D eigenvalue weighted by atomic mass is 35.5. The lowest BCUT2D eigenvalue weighted by molar-refractivity contribution is -0.125. The Morgan fingerprint density at radius 3 is 2.96 bits per heavy atom. The predicted molar refractivity (Wildman–Crippen MR) is 97.5 cm³/mol. The van der Waals surface area contributed by atoms with Gasteiger partial charge in [-0.15, -0.1) is 12.4 Å². The molecule has 0 bridgehead atoms. The zero-order chi connectivity index (χ0) is 17.4. The summed E-state index contributed by atoms with van der Waals surface area (Å²) in [6.45, 7) is 4.65. The topological polar surface area (TPSA) is 83.7 Å². The van der Waals surface area contributed by atoms with Crippen molar-refractivity contribution >= 4 is 24.0 Å². The molecular weight excluding hydrogens is 358 g/mol. The third-order valence-electron chi connectivity index (χ3n) is 4.66. The minimum Gasteiger partial charge on any atom is -0.479 e. The summed E-state index contributed by atoms with van der Waals surface area (Å²) in [4.78, 5) is 20.9. The van der Waals surface area contributed by atoms with Crippen molar-refractivity contribution in [2.75, 3.05) is 31.6 Å². The number of nitrogens with zero attached hydrogens (tertiary/aromatic N) is 4. The SMILES string of the molecule is CC1Oc2ccccc2N(Cc2nc(C3CNCCN3C)no2)C1=O.Cl. The van der Waals surface area contributed by atoms with Crippen molar-refractivity contribution in [1.29, 1.82) is 0 Å². The van der Waals surface area contributed by atoms with Gasteiger partial charge in [-0.05, 0) is 26.1 Å². The third-order valence-corrected chi connectivity index (χ3v) is 4.66. The van der Waals surface area contributed by atoms with Crippen molar-refractivity contribution in [3.05, 3.63) is 36.0 Å². The standard InChI is InChI=1S/C17H21N5O3.ClH/c1-11-17(23)22(12-5-3-4-6-14(12)24-11)10-15-19-16(20-25-15)13-9-18-7-8-21(13)2;/h3-6,11,13,18H,7-10H2,1-2H3;1H. The van der Waals surface area contributed by atoms with Gasteiger partial charge in [0.05, 0.1) is 11.7 Å². The van der Waals surface area contributed by atoms with Gasteiger partial charge in [0, 0.05) is 19.6 Å². The molecular formula is C17H22ClN5O3. The van der Waals surface area contributed by atoms with Crippen molar-refractivity contribution in [2.24, 2.45) is 0 Å². The highest BCUT2D eigenvalue weighted by Crippen LogP contribution is 2.34. The first kappa shape index (κ1) is 18.6. The van der Waals surface area contributed by atoms with E-state index < -0.39 is 6.10 Å². The molecule has 2 unspecified atom stereocenters. The van der Waals surface area contributed by atoms with E-state index in [4.69, 9.17) is 9.26 Å². The molecule has 2 aliphatic heterocycles. The number of likely N-dealkylation sites (N-methyl/N-ethyl adjacent to an activating group) is 1. The normalized spacial score (nSPS) is 23.2. The number of halogens is 1. The molecule has 1 aromatic heterocycles. The van der Waals surface area contributed by atoms with E-state index in [9.17, 15) is 4.79 Å². The number of aromatic nitrogens is 2. The van der Waals surface area contributed by atoms with Gasteiger partial charge in [0.25, 0.3) is 5.91 Å². The van der Waals surface area contributed by atoms with E-state index in [-0.39, 0.29) is 30.9 Å². The van der Waals surface area contributed by atoms with Crippen LogP contribution in [0.2, 0.25) is 0 Å². The molecule has 1 aromatic carbocycles. The van der Waals surface area contributed by atoms with Gasteiger partial charge in [0.15, 0.2) is 11.9 Å². The van der Waals surface area contributed by atoms with Crippen molar-refractivity contribution in [3.63, 3.8) is 0 Å².